The highest BCUT2D eigenvalue weighted by molar-refractivity contribution is 7.90. The third-order valence-electron chi connectivity index (χ3n) is 3.54. The Hall–Kier alpha value is -1.49. The zero-order valence-corrected chi connectivity index (χ0v) is 14.9. The van der Waals surface area contributed by atoms with E-state index in [0.29, 0.717) is 0 Å². The summed E-state index contributed by atoms with van der Waals surface area (Å²) in [6, 6.07) is 3.43. The Morgan fingerprint density at radius 3 is 2.12 bits per heavy atom. The molecule has 1 unspecified atom stereocenters. The standard InChI is InChI=1S/C14H20N2O6S2/c1-9(2)13(14(17)18)16-24(21,22)12-5-3-4-11(8-12)23(19,20)15-10-6-7-10/h3-5,8-10,13,15-16H,6-7H2,1-2H3,(H,17,18). The molecule has 10 heteroatoms. The normalized spacial score (nSPS) is 17.0. The van der Waals surface area contributed by atoms with Crippen LogP contribution in [0, 0.1) is 5.92 Å². The highest BCUT2D eigenvalue weighted by atomic mass is 32.2. The van der Waals surface area contributed by atoms with E-state index < -0.39 is 38.0 Å². The van der Waals surface area contributed by atoms with Crippen molar-refractivity contribution in [3.63, 3.8) is 0 Å². The van der Waals surface area contributed by atoms with E-state index in [9.17, 15) is 21.6 Å². The SMILES string of the molecule is CC(C)C(NS(=O)(=O)c1cccc(S(=O)(=O)NC2CC2)c1)C(=O)O. The minimum Gasteiger partial charge on any atom is -0.480 e. The van der Waals surface area contributed by atoms with Gasteiger partial charge < -0.3 is 5.11 Å². The van der Waals surface area contributed by atoms with Gasteiger partial charge in [-0.1, -0.05) is 19.9 Å². The molecule has 0 amide bonds. The van der Waals surface area contributed by atoms with Crippen molar-refractivity contribution in [2.24, 2.45) is 5.92 Å². The van der Waals surface area contributed by atoms with Gasteiger partial charge >= 0.3 is 5.97 Å². The van der Waals surface area contributed by atoms with Crippen LogP contribution in [0.15, 0.2) is 34.1 Å². The van der Waals surface area contributed by atoms with Gasteiger partial charge in [-0.25, -0.2) is 21.6 Å². The van der Waals surface area contributed by atoms with Gasteiger partial charge in [-0.2, -0.15) is 4.72 Å². The second-order valence-corrected chi connectivity index (χ2v) is 9.48. The molecule has 1 saturated carbocycles. The van der Waals surface area contributed by atoms with Crippen LogP contribution in [0.3, 0.4) is 0 Å². The lowest BCUT2D eigenvalue weighted by Gasteiger charge is -2.18. The molecule has 1 aliphatic carbocycles. The Morgan fingerprint density at radius 2 is 1.67 bits per heavy atom. The van der Waals surface area contributed by atoms with Crippen molar-refractivity contribution < 1.29 is 26.7 Å². The van der Waals surface area contributed by atoms with Gasteiger partial charge in [0.25, 0.3) is 0 Å². The Morgan fingerprint density at radius 1 is 1.12 bits per heavy atom. The van der Waals surface area contributed by atoms with Crippen LogP contribution in [0.2, 0.25) is 0 Å². The van der Waals surface area contributed by atoms with Crippen LogP contribution in [0.5, 0.6) is 0 Å². The first-order valence-electron chi connectivity index (χ1n) is 7.40. The lowest BCUT2D eigenvalue weighted by Crippen LogP contribution is -2.44. The summed E-state index contributed by atoms with van der Waals surface area (Å²) in [5.41, 5.74) is 0. The van der Waals surface area contributed by atoms with Crippen LogP contribution in [-0.4, -0.2) is 40.0 Å². The molecule has 1 atom stereocenters. The monoisotopic (exact) mass is 376 g/mol. The number of benzene rings is 1. The Bertz CT molecular complexity index is 829. The van der Waals surface area contributed by atoms with Crippen molar-refractivity contribution >= 4 is 26.0 Å². The van der Waals surface area contributed by atoms with Crippen LogP contribution in [-0.2, 0) is 24.8 Å². The highest BCUT2D eigenvalue weighted by Gasteiger charge is 2.30. The molecular formula is C14H20N2O6S2. The van der Waals surface area contributed by atoms with Gasteiger partial charge in [0.1, 0.15) is 6.04 Å². The molecule has 0 heterocycles. The molecule has 2 rings (SSSR count). The molecule has 1 aliphatic rings. The van der Waals surface area contributed by atoms with E-state index in [1.165, 1.54) is 18.2 Å². The second-order valence-electron chi connectivity index (χ2n) is 6.05. The molecule has 1 aromatic carbocycles. The first-order chi connectivity index (χ1) is 11.0. The predicted octanol–water partition coefficient (Wildman–Crippen LogP) is 0.515. The number of carboxylic acid groups (broad SMARTS) is 1. The molecule has 24 heavy (non-hydrogen) atoms. The number of rotatable bonds is 8. The van der Waals surface area contributed by atoms with Gasteiger partial charge in [0.15, 0.2) is 0 Å². The quantitative estimate of drug-likeness (QED) is 0.606. The van der Waals surface area contributed by atoms with Crippen LogP contribution in [0.25, 0.3) is 0 Å². The summed E-state index contributed by atoms with van der Waals surface area (Å²) in [7, 11) is -7.97. The number of aliphatic carboxylic acids is 1. The molecule has 134 valence electrons. The molecule has 8 nitrogen and oxygen atoms in total. The molecule has 1 aromatic rings. The minimum absolute atomic E-state index is 0.106. The largest absolute Gasteiger partial charge is 0.480 e. The molecular weight excluding hydrogens is 356 g/mol. The average Bonchev–Trinajstić information content (AvgIpc) is 3.27. The summed E-state index contributed by atoms with van der Waals surface area (Å²) < 4.78 is 53.7. The third kappa shape index (κ3) is 4.53. The minimum atomic E-state index is -4.17. The smallest absolute Gasteiger partial charge is 0.322 e. The summed E-state index contributed by atoms with van der Waals surface area (Å²) in [4.78, 5) is 10.7. The fourth-order valence-electron chi connectivity index (χ4n) is 2.00. The van der Waals surface area contributed by atoms with E-state index in [4.69, 9.17) is 5.11 Å². The van der Waals surface area contributed by atoms with Crippen LogP contribution >= 0.6 is 0 Å². The van der Waals surface area contributed by atoms with Gasteiger partial charge in [-0.3, -0.25) is 4.79 Å². The first-order valence-corrected chi connectivity index (χ1v) is 10.4. The number of hydrogen-bond acceptors (Lipinski definition) is 5. The van der Waals surface area contributed by atoms with Gasteiger partial charge in [0, 0.05) is 6.04 Å². The van der Waals surface area contributed by atoms with Crippen LogP contribution in [0.1, 0.15) is 26.7 Å². The van der Waals surface area contributed by atoms with E-state index >= 15 is 0 Å². The van der Waals surface area contributed by atoms with Crippen molar-refractivity contribution in [3.05, 3.63) is 24.3 Å². The van der Waals surface area contributed by atoms with Crippen molar-refractivity contribution in [1.29, 1.82) is 0 Å². The molecule has 0 saturated heterocycles. The summed E-state index contributed by atoms with van der Waals surface area (Å²) in [6.07, 6.45) is 1.51. The van der Waals surface area contributed by atoms with Gasteiger partial charge in [0.2, 0.25) is 20.0 Å². The van der Waals surface area contributed by atoms with E-state index in [1.54, 1.807) is 13.8 Å². The van der Waals surface area contributed by atoms with E-state index in [2.05, 4.69) is 9.44 Å². The fourth-order valence-corrected chi connectivity index (χ4v) is 4.81. The zero-order valence-electron chi connectivity index (χ0n) is 13.3. The lowest BCUT2D eigenvalue weighted by molar-refractivity contribution is -0.140. The molecule has 0 aliphatic heterocycles. The summed E-state index contributed by atoms with van der Waals surface area (Å²) >= 11 is 0. The fraction of sp³-hybridized carbons (Fsp3) is 0.500. The number of sulfonamides is 2. The molecule has 0 spiro atoms. The Balaban J connectivity index is 2.31. The Kier molecular flexibility index (Phi) is 5.33. The average molecular weight is 376 g/mol. The van der Waals surface area contributed by atoms with Crippen molar-refractivity contribution in [1.82, 2.24) is 9.44 Å². The third-order valence-corrected chi connectivity index (χ3v) is 6.50. The summed E-state index contributed by atoms with van der Waals surface area (Å²) in [6.45, 7) is 3.14. The van der Waals surface area contributed by atoms with E-state index in [1.807, 2.05) is 0 Å². The van der Waals surface area contributed by atoms with Gasteiger partial charge in [0.05, 0.1) is 9.79 Å². The zero-order chi connectivity index (χ0) is 18.1. The Labute approximate surface area is 141 Å². The van der Waals surface area contributed by atoms with Crippen molar-refractivity contribution in [2.75, 3.05) is 0 Å². The summed E-state index contributed by atoms with van der Waals surface area (Å²) in [5, 5.41) is 9.11. The lowest BCUT2D eigenvalue weighted by atomic mass is 10.1. The van der Waals surface area contributed by atoms with Crippen LogP contribution in [0.4, 0.5) is 0 Å². The molecule has 0 bridgehead atoms. The topological polar surface area (TPSA) is 130 Å². The number of nitrogens with one attached hydrogen (secondary N) is 2. The molecule has 0 radical (unpaired) electrons. The number of carbonyl (C=O) groups is 1. The van der Waals surface area contributed by atoms with E-state index in [0.717, 1.165) is 18.9 Å². The molecule has 1 fully saturated rings. The summed E-state index contributed by atoms with van der Waals surface area (Å²) in [5.74, 6) is -1.77. The number of carboxylic acids is 1. The van der Waals surface area contributed by atoms with Gasteiger partial charge in [-0.15, -0.1) is 0 Å². The predicted molar refractivity (Wildman–Crippen MR) is 86.4 cm³/mol. The maximum atomic E-state index is 12.4. The molecule has 0 aromatic heterocycles. The number of hydrogen-bond donors (Lipinski definition) is 3. The molecule has 3 N–H and O–H groups in total. The maximum Gasteiger partial charge on any atom is 0.322 e. The second kappa shape index (κ2) is 6.79. The van der Waals surface area contributed by atoms with Crippen molar-refractivity contribution in [3.8, 4) is 0 Å². The van der Waals surface area contributed by atoms with Crippen molar-refractivity contribution in [2.45, 2.75) is 48.6 Å². The highest BCUT2D eigenvalue weighted by Crippen LogP contribution is 2.23. The maximum absolute atomic E-state index is 12.4. The van der Waals surface area contributed by atoms with Gasteiger partial charge in [-0.05, 0) is 37.0 Å². The van der Waals surface area contributed by atoms with E-state index in [-0.39, 0.29) is 15.8 Å². The van der Waals surface area contributed by atoms with Crippen LogP contribution < -0.4 is 9.44 Å². The first kappa shape index (κ1) is 18.8.